The zero-order valence-corrected chi connectivity index (χ0v) is 33.6. The number of para-hydroxylation sites is 1. The van der Waals surface area contributed by atoms with Crippen molar-refractivity contribution in [3.63, 3.8) is 0 Å². The fraction of sp³-hybridized carbons (Fsp3) is 0.357. The van der Waals surface area contributed by atoms with E-state index in [1.54, 1.807) is 23.2 Å². The molecule has 0 saturated carbocycles. The standard InChI is InChI=1S/C42H47Cl2N5O3S/c1-8-13-38(52-36-23-16-27(41(4,5)9-2)24-31(36)42(6,7)10-3)46-29-18-20-30(21-19-29)48(33-22-17-28(43)25-32(33)44)49-39(50)35(26-45-49)47-34-14-11-12-15-37(34)53-40(47)51/h11-12,14-26,35,38,46H,8-10,13H2,1-7H3. The summed E-state index contributed by atoms with van der Waals surface area (Å²) in [5, 5.41) is 11.8. The molecule has 0 radical (unpaired) electrons. The number of carbonyl (C=O) groups excluding carboxylic acids is 1. The van der Waals surface area contributed by atoms with Crippen molar-refractivity contribution in [3.05, 3.63) is 116 Å². The summed E-state index contributed by atoms with van der Waals surface area (Å²) in [4.78, 5) is 27.0. The Balaban J connectivity index is 1.30. The third-order valence-corrected chi connectivity index (χ3v) is 11.9. The SMILES string of the molecule is CCCC(Nc1ccc(N(c2ccc(Cl)cc2Cl)N2N=CC(n3c(=O)sc4ccccc43)C2=O)cc1)Oc1ccc(C(C)(C)CC)cc1C(C)(C)CC. The van der Waals surface area contributed by atoms with Gasteiger partial charge in [0.25, 0.3) is 5.91 Å². The van der Waals surface area contributed by atoms with E-state index in [4.69, 9.17) is 27.9 Å². The topological polar surface area (TPSA) is 79.2 Å². The molecular formula is C42H47Cl2N5O3S. The number of nitrogens with zero attached hydrogens (tertiary/aromatic N) is 4. The Labute approximate surface area is 326 Å². The van der Waals surface area contributed by atoms with E-state index in [1.807, 2.05) is 48.5 Å². The van der Waals surface area contributed by atoms with Crippen LogP contribution in [-0.4, -0.2) is 28.0 Å². The van der Waals surface area contributed by atoms with Crippen LogP contribution in [-0.2, 0) is 15.6 Å². The van der Waals surface area contributed by atoms with Gasteiger partial charge < -0.3 is 10.1 Å². The van der Waals surface area contributed by atoms with Crippen LogP contribution in [0.5, 0.6) is 5.75 Å². The van der Waals surface area contributed by atoms with Gasteiger partial charge in [-0.2, -0.15) is 5.10 Å². The van der Waals surface area contributed by atoms with E-state index in [2.05, 4.69) is 77.1 Å². The van der Waals surface area contributed by atoms with Crippen molar-refractivity contribution in [3.8, 4) is 5.75 Å². The van der Waals surface area contributed by atoms with Crippen molar-refractivity contribution in [1.29, 1.82) is 0 Å². The van der Waals surface area contributed by atoms with Gasteiger partial charge in [-0.3, -0.25) is 14.2 Å². The van der Waals surface area contributed by atoms with Gasteiger partial charge in [0.2, 0.25) is 0 Å². The Morgan fingerprint density at radius 1 is 0.906 bits per heavy atom. The number of anilines is 3. The molecule has 8 nitrogen and oxygen atoms in total. The van der Waals surface area contributed by atoms with E-state index in [0.717, 1.165) is 53.2 Å². The number of benzene rings is 4. The van der Waals surface area contributed by atoms with Gasteiger partial charge in [-0.1, -0.05) is 114 Å². The number of hydrazine groups is 1. The van der Waals surface area contributed by atoms with E-state index in [1.165, 1.54) is 27.0 Å². The summed E-state index contributed by atoms with van der Waals surface area (Å²) < 4.78 is 9.07. The summed E-state index contributed by atoms with van der Waals surface area (Å²) in [6.07, 6.45) is 4.94. The molecule has 53 heavy (non-hydrogen) atoms. The predicted molar refractivity (Wildman–Crippen MR) is 222 cm³/mol. The number of fused-ring (bicyclic) bond motifs is 1. The Morgan fingerprint density at radius 3 is 2.30 bits per heavy atom. The molecule has 1 amide bonds. The molecule has 0 spiro atoms. The van der Waals surface area contributed by atoms with Crippen LogP contribution < -0.4 is 19.9 Å². The van der Waals surface area contributed by atoms with E-state index >= 15 is 0 Å². The molecule has 278 valence electrons. The minimum Gasteiger partial charge on any atom is -0.470 e. The first-order valence-electron chi connectivity index (χ1n) is 18.2. The number of ether oxygens (including phenoxy) is 1. The smallest absolute Gasteiger partial charge is 0.309 e. The van der Waals surface area contributed by atoms with Crippen molar-refractivity contribution < 1.29 is 9.53 Å². The number of hydrogen-bond donors (Lipinski definition) is 1. The summed E-state index contributed by atoms with van der Waals surface area (Å²) in [5.41, 5.74) is 5.16. The van der Waals surface area contributed by atoms with E-state index in [9.17, 15) is 9.59 Å². The van der Waals surface area contributed by atoms with Gasteiger partial charge in [0, 0.05) is 22.7 Å². The Bertz CT molecular complexity index is 2190. The maximum absolute atomic E-state index is 14.1. The number of rotatable bonds is 14. The molecule has 1 aromatic heterocycles. The highest BCUT2D eigenvalue weighted by atomic mass is 35.5. The highest BCUT2D eigenvalue weighted by Crippen LogP contribution is 2.40. The molecule has 6 rings (SSSR count). The molecular weight excluding hydrogens is 725 g/mol. The first-order chi connectivity index (χ1) is 25.3. The summed E-state index contributed by atoms with van der Waals surface area (Å²) in [6, 6.07) is 25.9. The predicted octanol–water partition coefficient (Wildman–Crippen LogP) is 11.5. The van der Waals surface area contributed by atoms with Crippen molar-refractivity contribution in [2.75, 3.05) is 10.3 Å². The summed E-state index contributed by atoms with van der Waals surface area (Å²) in [5.74, 6) is 0.482. The maximum Gasteiger partial charge on any atom is 0.309 e. The normalized spacial score (nSPS) is 15.3. The number of halogens is 2. The minimum absolute atomic E-state index is 0.0616. The van der Waals surface area contributed by atoms with Crippen molar-refractivity contribution in [2.24, 2.45) is 5.10 Å². The second-order valence-electron chi connectivity index (χ2n) is 14.7. The number of carbonyl (C=O) groups is 1. The van der Waals surface area contributed by atoms with E-state index < -0.39 is 11.9 Å². The van der Waals surface area contributed by atoms with Gasteiger partial charge in [-0.15, -0.1) is 5.12 Å². The number of hydrogen-bond acceptors (Lipinski definition) is 7. The quantitative estimate of drug-likeness (QED) is 0.114. The minimum atomic E-state index is -0.926. The largest absolute Gasteiger partial charge is 0.470 e. The van der Waals surface area contributed by atoms with Gasteiger partial charge in [0.1, 0.15) is 5.75 Å². The molecule has 2 heterocycles. The molecule has 5 aromatic rings. The third kappa shape index (κ3) is 7.84. The van der Waals surface area contributed by atoms with Crippen LogP contribution in [0.2, 0.25) is 10.0 Å². The van der Waals surface area contributed by atoms with Gasteiger partial charge in [-0.25, -0.2) is 5.01 Å². The lowest BCUT2D eigenvalue weighted by molar-refractivity contribution is -0.131. The highest BCUT2D eigenvalue weighted by molar-refractivity contribution is 7.16. The van der Waals surface area contributed by atoms with Crippen molar-refractivity contribution in [1.82, 2.24) is 9.69 Å². The molecule has 0 fully saturated rings. The molecule has 2 unspecified atom stereocenters. The number of thiazole rings is 1. The molecule has 11 heteroatoms. The molecule has 4 aromatic carbocycles. The summed E-state index contributed by atoms with van der Waals surface area (Å²) >= 11 is 14.1. The molecule has 1 N–H and O–H groups in total. The first kappa shape index (κ1) is 38.4. The lowest BCUT2D eigenvalue weighted by Crippen LogP contribution is -2.41. The van der Waals surface area contributed by atoms with Crippen LogP contribution in [0, 0.1) is 0 Å². The maximum atomic E-state index is 14.1. The lowest BCUT2D eigenvalue weighted by Gasteiger charge is -2.32. The van der Waals surface area contributed by atoms with E-state index in [0.29, 0.717) is 26.9 Å². The highest BCUT2D eigenvalue weighted by Gasteiger charge is 2.37. The summed E-state index contributed by atoms with van der Waals surface area (Å²) in [6.45, 7) is 15.7. The number of aromatic nitrogens is 1. The van der Waals surface area contributed by atoms with Gasteiger partial charge in [0.15, 0.2) is 12.3 Å². The number of amides is 1. The Hall–Kier alpha value is -4.31. The van der Waals surface area contributed by atoms with Crippen LogP contribution in [0.3, 0.4) is 0 Å². The molecule has 0 aliphatic carbocycles. The summed E-state index contributed by atoms with van der Waals surface area (Å²) in [7, 11) is 0. The van der Waals surface area contributed by atoms with Crippen molar-refractivity contribution in [2.45, 2.75) is 97.2 Å². The second-order valence-corrected chi connectivity index (χ2v) is 16.6. The fourth-order valence-electron chi connectivity index (χ4n) is 6.38. The average Bonchev–Trinajstić information content (AvgIpc) is 3.67. The van der Waals surface area contributed by atoms with Crippen LogP contribution in [0.25, 0.3) is 10.2 Å². The van der Waals surface area contributed by atoms with E-state index in [-0.39, 0.29) is 21.9 Å². The Morgan fingerprint density at radius 2 is 1.62 bits per heavy atom. The van der Waals surface area contributed by atoms with Crippen LogP contribution in [0.4, 0.5) is 17.1 Å². The molecule has 1 aliphatic rings. The monoisotopic (exact) mass is 771 g/mol. The second kappa shape index (κ2) is 15.6. The first-order valence-corrected chi connectivity index (χ1v) is 19.8. The molecule has 0 bridgehead atoms. The van der Waals surface area contributed by atoms with Crippen molar-refractivity contribution >= 4 is 73.9 Å². The zero-order valence-electron chi connectivity index (χ0n) is 31.3. The molecule has 0 saturated heterocycles. The van der Waals surface area contributed by atoms with Gasteiger partial charge >= 0.3 is 4.87 Å². The lowest BCUT2D eigenvalue weighted by atomic mass is 9.76. The van der Waals surface area contributed by atoms with Gasteiger partial charge in [0.05, 0.1) is 32.8 Å². The van der Waals surface area contributed by atoms with Crippen LogP contribution in [0.15, 0.2) is 94.8 Å². The molecule has 1 aliphatic heterocycles. The van der Waals surface area contributed by atoms with Crippen LogP contribution in [0.1, 0.15) is 91.3 Å². The number of nitrogens with one attached hydrogen (secondary N) is 1. The van der Waals surface area contributed by atoms with Crippen LogP contribution >= 0.6 is 34.5 Å². The Kier molecular flexibility index (Phi) is 11.3. The number of hydrazone groups is 1. The van der Waals surface area contributed by atoms with Gasteiger partial charge in [-0.05, 0) is 89.9 Å². The third-order valence-electron chi connectivity index (χ3n) is 10.4. The average molecular weight is 773 g/mol. The fourth-order valence-corrected chi connectivity index (χ4v) is 7.79. The zero-order chi connectivity index (χ0) is 38.1. The molecule has 2 atom stereocenters.